The smallest absolute Gasteiger partial charge is 0.0635 e. The van der Waals surface area contributed by atoms with E-state index >= 15 is 0 Å². The van der Waals surface area contributed by atoms with Crippen LogP contribution in [0.25, 0.3) is 0 Å². The van der Waals surface area contributed by atoms with Crippen LogP contribution in [0.5, 0.6) is 0 Å². The molecule has 0 spiro atoms. The van der Waals surface area contributed by atoms with Crippen molar-refractivity contribution in [2.24, 2.45) is 0 Å². The summed E-state index contributed by atoms with van der Waals surface area (Å²) in [6.07, 6.45) is 0. The van der Waals surface area contributed by atoms with Gasteiger partial charge in [0, 0.05) is 25.7 Å². The van der Waals surface area contributed by atoms with E-state index in [-0.39, 0.29) is 0 Å². The summed E-state index contributed by atoms with van der Waals surface area (Å²) in [5.74, 6) is 0. The second-order valence-electron chi connectivity index (χ2n) is 4.51. The lowest BCUT2D eigenvalue weighted by atomic mass is 10.1. The SMILES string of the molecule is CNCC1COCCN1Cc1ccc(Cl)c(Cl)c1. The van der Waals surface area contributed by atoms with Crippen LogP contribution < -0.4 is 5.32 Å². The second-order valence-corrected chi connectivity index (χ2v) is 5.32. The molecule has 0 bridgehead atoms. The molecule has 0 saturated carbocycles. The molecule has 1 saturated heterocycles. The Morgan fingerprint density at radius 2 is 2.22 bits per heavy atom. The molecule has 1 atom stereocenters. The maximum absolute atomic E-state index is 6.04. The van der Waals surface area contributed by atoms with E-state index in [4.69, 9.17) is 27.9 Å². The van der Waals surface area contributed by atoms with E-state index < -0.39 is 0 Å². The number of benzene rings is 1. The van der Waals surface area contributed by atoms with Crippen molar-refractivity contribution in [1.82, 2.24) is 10.2 Å². The van der Waals surface area contributed by atoms with Gasteiger partial charge in [-0.25, -0.2) is 0 Å². The van der Waals surface area contributed by atoms with Crippen LogP contribution in [-0.4, -0.2) is 44.3 Å². The summed E-state index contributed by atoms with van der Waals surface area (Å²) in [6.45, 7) is 4.34. The minimum atomic E-state index is 0.415. The normalized spacial score (nSPS) is 21.2. The zero-order valence-electron chi connectivity index (χ0n) is 10.5. The Balaban J connectivity index is 2.03. The maximum Gasteiger partial charge on any atom is 0.0635 e. The predicted molar refractivity (Wildman–Crippen MR) is 75.4 cm³/mol. The molecule has 1 fully saturated rings. The Hall–Kier alpha value is -0.320. The lowest BCUT2D eigenvalue weighted by Gasteiger charge is -2.35. The van der Waals surface area contributed by atoms with Crippen molar-refractivity contribution in [2.75, 3.05) is 33.4 Å². The van der Waals surface area contributed by atoms with Gasteiger partial charge in [0.15, 0.2) is 0 Å². The minimum absolute atomic E-state index is 0.415. The molecule has 18 heavy (non-hydrogen) atoms. The molecular weight excluding hydrogens is 271 g/mol. The predicted octanol–water partition coefficient (Wildman–Crippen LogP) is 2.41. The molecule has 0 amide bonds. The number of hydrogen-bond acceptors (Lipinski definition) is 3. The first-order chi connectivity index (χ1) is 8.70. The molecule has 100 valence electrons. The molecule has 1 heterocycles. The second kappa shape index (κ2) is 6.73. The van der Waals surface area contributed by atoms with E-state index in [1.165, 1.54) is 5.56 Å². The first-order valence-corrected chi connectivity index (χ1v) is 6.86. The maximum atomic E-state index is 6.04. The standard InChI is InChI=1S/C13H18Cl2N2O/c1-16-7-11-9-18-5-4-17(11)8-10-2-3-12(14)13(15)6-10/h2-3,6,11,16H,4-5,7-9H2,1H3. The van der Waals surface area contributed by atoms with Crippen LogP contribution in [0.4, 0.5) is 0 Å². The number of hydrogen-bond donors (Lipinski definition) is 1. The van der Waals surface area contributed by atoms with Crippen LogP contribution in [-0.2, 0) is 11.3 Å². The third kappa shape index (κ3) is 3.59. The zero-order chi connectivity index (χ0) is 13.0. The van der Waals surface area contributed by atoms with Gasteiger partial charge in [0.1, 0.15) is 0 Å². The highest BCUT2D eigenvalue weighted by atomic mass is 35.5. The lowest BCUT2D eigenvalue weighted by molar-refractivity contribution is -0.0103. The van der Waals surface area contributed by atoms with Crippen molar-refractivity contribution in [3.8, 4) is 0 Å². The average molecular weight is 289 g/mol. The number of likely N-dealkylation sites (N-methyl/N-ethyl adjacent to an activating group) is 1. The fourth-order valence-corrected chi connectivity index (χ4v) is 2.51. The van der Waals surface area contributed by atoms with Gasteiger partial charge in [-0.3, -0.25) is 4.90 Å². The summed E-state index contributed by atoms with van der Waals surface area (Å²) >= 11 is 12.0. The fourth-order valence-electron chi connectivity index (χ4n) is 2.19. The van der Waals surface area contributed by atoms with Crippen molar-refractivity contribution in [1.29, 1.82) is 0 Å². The van der Waals surface area contributed by atoms with E-state index in [2.05, 4.69) is 10.2 Å². The van der Waals surface area contributed by atoms with Crippen LogP contribution in [0, 0.1) is 0 Å². The molecule has 1 aliphatic heterocycles. The molecule has 5 heteroatoms. The van der Waals surface area contributed by atoms with E-state index in [0.717, 1.165) is 32.8 Å². The highest BCUT2D eigenvalue weighted by Crippen LogP contribution is 2.23. The Bertz CT molecular complexity index is 399. The molecule has 1 unspecified atom stereocenters. The molecule has 3 nitrogen and oxygen atoms in total. The Labute approximate surface area is 118 Å². The number of nitrogens with one attached hydrogen (secondary N) is 1. The van der Waals surface area contributed by atoms with Gasteiger partial charge < -0.3 is 10.1 Å². The number of rotatable bonds is 4. The topological polar surface area (TPSA) is 24.5 Å². The van der Waals surface area contributed by atoms with Crippen molar-refractivity contribution >= 4 is 23.2 Å². The Kier molecular flexibility index (Phi) is 5.27. The summed E-state index contributed by atoms with van der Waals surface area (Å²) in [5, 5.41) is 4.43. The quantitative estimate of drug-likeness (QED) is 0.921. The average Bonchev–Trinajstić information content (AvgIpc) is 2.37. The van der Waals surface area contributed by atoms with Crippen LogP contribution in [0.15, 0.2) is 18.2 Å². The van der Waals surface area contributed by atoms with Crippen LogP contribution in [0.1, 0.15) is 5.56 Å². The first-order valence-electron chi connectivity index (χ1n) is 6.11. The highest BCUT2D eigenvalue weighted by molar-refractivity contribution is 6.42. The summed E-state index contributed by atoms with van der Waals surface area (Å²) in [7, 11) is 1.96. The number of morpholine rings is 1. The monoisotopic (exact) mass is 288 g/mol. The molecule has 0 radical (unpaired) electrons. The van der Waals surface area contributed by atoms with E-state index in [0.29, 0.717) is 16.1 Å². The summed E-state index contributed by atoms with van der Waals surface area (Å²) < 4.78 is 5.52. The summed E-state index contributed by atoms with van der Waals surface area (Å²) in [4.78, 5) is 2.42. The highest BCUT2D eigenvalue weighted by Gasteiger charge is 2.22. The molecular formula is C13H18Cl2N2O. The number of halogens is 2. The van der Waals surface area contributed by atoms with Crippen molar-refractivity contribution in [2.45, 2.75) is 12.6 Å². The van der Waals surface area contributed by atoms with Crippen LogP contribution in [0.3, 0.4) is 0 Å². The van der Waals surface area contributed by atoms with Crippen molar-refractivity contribution in [3.63, 3.8) is 0 Å². The largest absolute Gasteiger partial charge is 0.378 e. The van der Waals surface area contributed by atoms with Gasteiger partial charge in [0.05, 0.1) is 23.3 Å². The van der Waals surface area contributed by atoms with E-state index in [1.54, 1.807) is 0 Å². The molecule has 0 aliphatic carbocycles. The zero-order valence-corrected chi connectivity index (χ0v) is 12.0. The van der Waals surface area contributed by atoms with E-state index in [9.17, 15) is 0 Å². The number of ether oxygens (including phenoxy) is 1. The van der Waals surface area contributed by atoms with Gasteiger partial charge in [-0.15, -0.1) is 0 Å². The van der Waals surface area contributed by atoms with Gasteiger partial charge in [0.2, 0.25) is 0 Å². The molecule has 1 aromatic rings. The lowest BCUT2D eigenvalue weighted by Crippen LogP contribution is -2.49. The molecule has 1 aliphatic rings. The Morgan fingerprint density at radius 1 is 1.39 bits per heavy atom. The first kappa shape index (κ1) is 14.1. The third-order valence-electron chi connectivity index (χ3n) is 3.16. The Morgan fingerprint density at radius 3 is 2.94 bits per heavy atom. The number of nitrogens with zero attached hydrogens (tertiary/aromatic N) is 1. The molecule has 1 N–H and O–H groups in total. The van der Waals surface area contributed by atoms with Crippen LogP contribution in [0.2, 0.25) is 10.0 Å². The summed E-state index contributed by atoms with van der Waals surface area (Å²) in [6, 6.07) is 6.24. The van der Waals surface area contributed by atoms with Gasteiger partial charge >= 0.3 is 0 Å². The molecule has 0 aromatic heterocycles. The third-order valence-corrected chi connectivity index (χ3v) is 3.90. The van der Waals surface area contributed by atoms with Gasteiger partial charge in [-0.05, 0) is 24.7 Å². The summed E-state index contributed by atoms with van der Waals surface area (Å²) in [5.41, 5.74) is 1.19. The van der Waals surface area contributed by atoms with Gasteiger partial charge in [-0.1, -0.05) is 29.3 Å². The van der Waals surface area contributed by atoms with E-state index in [1.807, 2.05) is 25.2 Å². The van der Waals surface area contributed by atoms with Gasteiger partial charge in [0.25, 0.3) is 0 Å². The minimum Gasteiger partial charge on any atom is -0.378 e. The van der Waals surface area contributed by atoms with Crippen molar-refractivity contribution in [3.05, 3.63) is 33.8 Å². The van der Waals surface area contributed by atoms with Crippen LogP contribution >= 0.6 is 23.2 Å². The van der Waals surface area contributed by atoms with Crippen molar-refractivity contribution < 1.29 is 4.74 Å². The molecule has 2 rings (SSSR count). The fraction of sp³-hybridized carbons (Fsp3) is 0.538. The van der Waals surface area contributed by atoms with Gasteiger partial charge in [-0.2, -0.15) is 0 Å². The molecule has 1 aromatic carbocycles.